The molecule has 0 rings (SSSR count). The number of rotatable bonds is 7. The van der Waals surface area contributed by atoms with Crippen molar-refractivity contribution in [1.29, 1.82) is 0 Å². The summed E-state index contributed by atoms with van der Waals surface area (Å²) in [6.07, 6.45) is 3.46. The van der Waals surface area contributed by atoms with Gasteiger partial charge in [0.25, 0.3) is 0 Å². The van der Waals surface area contributed by atoms with Crippen LogP contribution in [0.15, 0.2) is 0 Å². The van der Waals surface area contributed by atoms with Crippen molar-refractivity contribution < 1.29 is 9.59 Å². The molecule has 0 atom stereocenters. The second kappa shape index (κ2) is 5.61. The Morgan fingerprint density at radius 1 is 0.786 bits per heavy atom. The van der Waals surface area contributed by atoms with Gasteiger partial charge in [-0.15, -0.1) is 0 Å². The monoisotopic (exact) mass is 230 g/mol. The summed E-state index contributed by atoms with van der Waals surface area (Å²) in [6, 6.07) is 2.18. The van der Waals surface area contributed by atoms with Gasteiger partial charge in [-0.05, 0) is 0 Å². The lowest BCUT2D eigenvalue weighted by molar-refractivity contribution is -0.108. The fourth-order valence-corrected chi connectivity index (χ4v) is 9.48. The molecular formula is C10H22O2Si2. The van der Waals surface area contributed by atoms with Crippen LogP contribution in [0.2, 0.25) is 38.3 Å². The van der Waals surface area contributed by atoms with Crippen LogP contribution in [0.5, 0.6) is 0 Å². The molecule has 0 spiro atoms. The van der Waals surface area contributed by atoms with Crippen molar-refractivity contribution in [3.05, 3.63) is 0 Å². The summed E-state index contributed by atoms with van der Waals surface area (Å²) >= 11 is 0. The van der Waals surface area contributed by atoms with Crippen LogP contribution in [0.4, 0.5) is 0 Å². The Morgan fingerprint density at radius 2 is 1.07 bits per heavy atom. The van der Waals surface area contributed by atoms with E-state index in [9.17, 15) is 9.59 Å². The van der Waals surface area contributed by atoms with Gasteiger partial charge in [-0.1, -0.05) is 38.3 Å². The highest BCUT2D eigenvalue weighted by molar-refractivity contribution is 7.40. The highest BCUT2D eigenvalue weighted by atomic mass is 29.3. The first-order chi connectivity index (χ1) is 6.37. The maximum atomic E-state index is 10.4. The lowest BCUT2D eigenvalue weighted by Crippen LogP contribution is -2.54. The molecule has 2 nitrogen and oxygen atoms in total. The van der Waals surface area contributed by atoms with Gasteiger partial charge < -0.3 is 9.59 Å². The maximum Gasteiger partial charge on any atom is 0.119 e. The highest BCUT2D eigenvalue weighted by Crippen LogP contribution is 2.28. The van der Waals surface area contributed by atoms with Gasteiger partial charge in [0, 0.05) is 28.0 Å². The van der Waals surface area contributed by atoms with Gasteiger partial charge in [-0.3, -0.25) is 0 Å². The number of hydrogen-bond acceptors (Lipinski definition) is 2. The molecule has 0 heterocycles. The summed E-state index contributed by atoms with van der Waals surface area (Å²) < 4.78 is 0. The van der Waals surface area contributed by atoms with E-state index in [1.54, 1.807) is 0 Å². The lowest BCUT2D eigenvalue weighted by Gasteiger charge is -2.38. The molecule has 0 saturated heterocycles. The molecule has 0 aromatic heterocycles. The molecule has 0 fully saturated rings. The smallest absolute Gasteiger partial charge is 0.119 e. The van der Waals surface area contributed by atoms with Crippen molar-refractivity contribution in [2.75, 3.05) is 0 Å². The fraction of sp³-hybridized carbons (Fsp3) is 0.800. The second-order valence-electron chi connectivity index (χ2n) is 5.18. The van der Waals surface area contributed by atoms with Crippen LogP contribution < -0.4 is 0 Å². The van der Waals surface area contributed by atoms with Gasteiger partial charge in [0.05, 0.1) is 0 Å². The van der Waals surface area contributed by atoms with Crippen LogP contribution in [0.25, 0.3) is 0 Å². The Kier molecular flexibility index (Phi) is 5.51. The molecule has 0 aliphatic rings. The third-order valence-electron chi connectivity index (χ3n) is 3.61. The van der Waals surface area contributed by atoms with Gasteiger partial charge in [0.15, 0.2) is 0 Å². The van der Waals surface area contributed by atoms with Gasteiger partial charge in [-0.25, -0.2) is 0 Å². The van der Waals surface area contributed by atoms with Gasteiger partial charge >= 0.3 is 0 Å². The maximum absolute atomic E-state index is 10.4. The zero-order chi connectivity index (χ0) is 11.2. The third-order valence-corrected chi connectivity index (χ3v) is 22.8. The van der Waals surface area contributed by atoms with Crippen molar-refractivity contribution >= 4 is 27.8 Å². The normalized spacial score (nSPS) is 12.6. The van der Waals surface area contributed by atoms with Gasteiger partial charge in [0.2, 0.25) is 0 Å². The number of hydrogen-bond donors (Lipinski definition) is 0. The van der Waals surface area contributed by atoms with Crippen molar-refractivity contribution in [1.82, 2.24) is 0 Å². The van der Waals surface area contributed by atoms with Crippen molar-refractivity contribution in [3.8, 4) is 0 Å². The van der Waals surface area contributed by atoms with Crippen LogP contribution in [0.1, 0.15) is 12.8 Å². The van der Waals surface area contributed by atoms with Crippen LogP contribution in [0, 0.1) is 0 Å². The summed E-state index contributed by atoms with van der Waals surface area (Å²) in [4.78, 5) is 20.7. The fourth-order valence-electron chi connectivity index (χ4n) is 1.52. The zero-order valence-electron chi connectivity index (χ0n) is 9.80. The Labute approximate surface area is 88.9 Å². The van der Waals surface area contributed by atoms with E-state index in [1.807, 2.05) is 0 Å². The average Bonchev–Trinajstić information content (AvgIpc) is 2.11. The minimum atomic E-state index is -1.24. The molecule has 0 bridgehead atoms. The summed E-state index contributed by atoms with van der Waals surface area (Å²) in [6.45, 7) is 9.47. The molecule has 4 heteroatoms. The van der Waals surface area contributed by atoms with E-state index in [0.29, 0.717) is 12.8 Å². The van der Waals surface area contributed by atoms with Crippen LogP contribution >= 0.6 is 0 Å². The topological polar surface area (TPSA) is 34.1 Å². The zero-order valence-corrected chi connectivity index (χ0v) is 11.8. The number of carbonyl (C=O) groups excluding carboxylic acids is 2. The lowest BCUT2D eigenvalue weighted by atomic mass is 10.6. The van der Waals surface area contributed by atoms with E-state index in [0.717, 1.165) is 24.7 Å². The standard InChI is InChI=1S/C10H22O2Si2/c1-13(2,9-5-7-11)14(3,4)10-6-8-12/h7-8H,5-6,9-10H2,1-4H3. The predicted octanol–water partition coefficient (Wildman–Crippen LogP) is 2.66. The molecular weight excluding hydrogens is 208 g/mol. The van der Waals surface area contributed by atoms with E-state index in [4.69, 9.17) is 0 Å². The first-order valence-electron chi connectivity index (χ1n) is 5.25. The highest BCUT2D eigenvalue weighted by Gasteiger charge is 2.39. The molecule has 0 N–H and O–H groups in total. The Balaban J connectivity index is 4.33. The van der Waals surface area contributed by atoms with Crippen molar-refractivity contribution in [2.45, 2.75) is 51.1 Å². The molecule has 0 aromatic rings. The number of carbonyl (C=O) groups is 2. The molecule has 82 valence electrons. The molecule has 0 amide bonds. The number of aldehydes is 2. The summed E-state index contributed by atoms with van der Waals surface area (Å²) in [5.74, 6) is 0. The molecule has 0 saturated carbocycles. The summed E-state index contributed by atoms with van der Waals surface area (Å²) in [5.41, 5.74) is 0. The molecule has 0 aliphatic carbocycles. The summed E-state index contributed by atoms with van der Waals surface area (Å²) in [7, 11) is -2.48. The van der Waals surface area contributed by atoms with Crippen LogP contribution in [-0.2, 0) is 9.59 Å². The predicted molar refractivity (Wildman–Crippen MR) is 65.9 cm³/mol. The van der Waals surface area contributed by atoms with E-state index in [2.05, 4.69) is 26.2 Å². The van der Waals surface area contributed by atoms with E-state index >= 15 is 0 Å². The minimum Gasteiger partial charge on any atom is -0.303 e. The average molecular weight is 230 g/mol. The van der Waals surface area contributed by atoms with Crippen molar-refractivity contribution in [2.24, 2.45) is 0 Å². The van der Waals surface area contributed by atoms with Gasteiger partial charge in [-0.2, -0.15) is 0 Å². The molecule has 14 heavy (non-hydrogen) atoms. The molecule has 0 unspecified atom stereocenters. The first kappa shape index (κ1) is 13.8. The van der Waals surface area contributed by atoms with E-state index < -0.39 is 15.2 Å². The SMILES string of the molecule is C[Si](C)(CCC=O)[Si](C)(C)CCC=O. The van der Waals surface area contributed by atoms with Crippen LogP contribution in [0.3, 0.4) is 0 Å². The molecule has 0 aliphatic heterocycles. The van der Waals surface area contributed by atoms with Crippen LogP contribution in [-0.4, -0.2) is 27.8 Å². The summed E-state index contributed by atoms with van der Waals surface area (Å²) in [5, 5.41) is 0. The Hall–Kier alpha value is -0.226. The van der Waals surface area contributed by atoms with Crippen molar-refractivity contribution in [3.63, 3.8) is 0 Å². The van der Waals surface area contributed by atoms with E-state index in [-0.39, 0.29) is 0 Å². The largest absolute Gasteiger partial charge is 0.303 e. The molecule has 0 aromatic carbocycles. The van der Waals surface area contributed by atoms with Gasteiger partial charge in [0.1, 0.15) is 12.6 Å². The Bertz CT molecular complexity index is 178. The minimum absolute atomic E-state index is 0.705. The Morgan fingerprint density at radius 3 is 1.29 bits per heavy atom. The van der Waals surface area contributed by atoms with E-state index in [1.165, 1.54) is 0 Å². The third kappa shape index (κ3) is 3.88. The first-order valence-corrected chi connectivity index (χ1v) is 12.7. The quantitative estimate of drug-likeness (QED) is 0.498. The molecule has 0 radical (unpaired) electrons. The second-order valence-corrected chi connectivity index (χ2v) is 21.8.